The summed E-state index contributed by atoms with van der Waals surface area (Å²) in [4.78, 5) is 11.8. The molecule has 0 amide bonds. The van der Waals surface area contributed by atoms with Gasteiger partial charge in [-0.3, -0.25) is 4.79 Å². The van der Waals surface area contributed by atoms with Gasteiger partial charge in [-0.15, -0.1) is 0 Å². The van der Waals surface area contributed by atoms with Gasteiger partial charge in [-0.2, -0.15) is 0 Å². The summed E-state index contributed by atoms with van der Waals surface area (Å²) in [5.41, 5.74) is 1.68. The summed E-state index contributed by atoms with van der Waals surface area (Å²) >= 11 is 0. The molecule has 2 saturated carbocycles. The highest BCUT2D eigenvalue weighted by molar-refractivity contribution is 5.81. The van der Waals surface area contributed by atoms with E-state index in [2.05, 4.69) is 27.4 Å². The Balaban J connectivity index is 2.13. The molecule has 2 aliphatic rings. The lowest BCUT2D eigenvalue weighted by Crippen LogP contribution is -2.44. The van der Waals surface area contributed by atoms with Crippen LogP contribution in [0.2, 0.25) is 0 Å². The molecule has 16 heavy (non-hydrogen) atoms. The summed E-state index contributed by atoms with van der Waals surface area (Å²) in [5, 5.41) is 0. The number of carbonyl (C=O) groups excluding carboxylic acids is 1. The first kappa shape index (κ1) is 11.9. The molecule has 2 fully saturated rings. The molecule has 2 aliphatic carbocycles. The van der Waals surface area contributed by atoms with Gasteiger partial charge >= 0.3 is 0 Å². The Labute approximate surface area is 99.3 Å². The lowest BCUT2D eigenvalue weighted by Gasteiger charge is -2.53. The fourth-order valence-electron chi connectivity index (χ4n) is 3.68. The standard InChI is InChI=1S/C15H24O/c1-10-5-6-14-13(9-15(14,3)4)11(2)8-12(16)7-10/h10,13-14H,2,5-9H2,1,3-4H3/t10-,13+,14+/m1/s1. The highest BCUT2D eigenvalue weighted by atomic mass is 16.1. The van der Waals surface area contributed by atoms with Crippen LogP contribution in [0.4, 0.5) is 0 Å². The van der Waals surface area contributed by atoms with Crippen LogP contribution in [0, 0.1) is 23.2 Å². The van der Waals surface area contributed by atoms with Crippen molar-refractivity contribution >= 4 is 5.78 Å². The van der Waals surface area contributed by atoms with E-state index < -0.39 is 0 Å². The molecular weight excluding hydrogens is 196 g/mol. The topological polar surface area (TPSA) is 17.1 Å². The minimum atomic E-state index is 0.405. The fourth-order valence-corrected chi connectivity index (χ4v) is 3.68. The van der Waals surface area contributed by atoms with Crippen molar-refractivity contribution in [1.82, 2.24) is 0 Å². The quantitative estimate of drug-likeness (QED) is 0.564. The van der Waals surface area contributed by atoms with Gasteiger partial charge in [-0.1, -0.05) is 32.9 Å². The predicted octanol–water partition coefficient (Wildman–Crippen LogP) is 3.98. The highest BCUT2D eigenvalue weighted by Crippen LogP contribution is 2.56. The van der Waals surface area contributed by atoms with E-state index in [1.165, 1.54) is 24.8 Å². The molecule has 1 nitrogen and oxygen atoms in total. The SMILES string of the molecule is C=C1CC(=O)C[C@H](C)CC[C@H]2[C@H]1CC2(C)C. The molecular formula is C15H24O. The molecule has 0 aliphatic heterocycles. The first-order chi connectivity index (χ1) is 7.40. The minimum absolute atomic E-state index is 0.405. The summed E-state index contributed by atoms with van der Waals surface area (Å²) in [6, 6.07) is 0. The molecule has 1 heteroatoms. The Morgan fingerprint density at radius 2 is 2.00 bits per heavy atom. The van der Waals surface area contributed by atoms with Gasteiger partial charge in [0.1, 0.15) is 5.78 Å². The molecule has 0 aromatic heterocycles. The maximum Gasteiger partial charge on any atom is 0.137 e. The average Bonchev–Trinajstić information content (AvgIpc) is 2.16. The normalized spacial score (nSPS) is 39.1. The Morgan fingerprint density at radius 1 is 1.31 bits per heavy atom. The number of hydrogen-bond donors (Lipinski definition) is 0. The van der Waals surface area contributed by atoms with Crippen molar-refractivity contribution in [3.05, 3.63) is 12.2 Å². The van der Waals surface area contributed by atoms with Gasteiger partial charge in [0.05, 0.1) is 0 Å². The molecule has 90 valence electrons. The van der Waals surface area contributed by atoms with Gasteiger partial charge in [0.25, 0.3) is 0 Å². The molecule has 0 spiro atoms. The van der Waals surface area contributed by atoms with Crippen molar-refractivity contribution in [3.8, 4) is 0 Å². The van der Waals surface area contributed by atoms with E-state index in [9.17, 15) is 4.79 Å². The minimum Gasteiger partial charge on any atom is -0.299 e. The van der Waals surface area contributed by atoms with Gasteiger partial charge in [-0.05, 0) is 42.4 Å². The maximum atomic E-state index is 11.8. The lowest BCUT2D eigenvalue weighted by atomic mass is 9.52. The zero-order valence-electron chi connectivity index (χ0n) is 10.9. The third-order valence-corrected chi connectivity index (χ3v) is 4.73. The molecule has 0 unspecified atom stereocenters. The van der Waals surface area contributed by atoms with E-state index in [4.69, 9.17) is 0 Å². The molecule has 0 heterocycles. The Kier molecular flexibility index (Phi) is 2.98. The summed E-state index contributed by atoms with van der Waals surface area (Å²) in [7, 11) is 0. The van der Waals surface area contributed by atoms with Gasteiger partial charge in [0.15, 0.2) is 0 Å². The van der Waals surface area contributed by atoms with E-state index in [-0.39, 0.29) is 0 Å². The third-order valence-electron chi connectivity index (χ3n) is 4.73. The Bertz CT molecular complexity index is 313. The number of Topliss-reactive ketones (excluding diaryl/α,β-unsaturated/α-hetero) is 1. The van der Waals surface area contributed by atoms with E-state index in [0.717, 1.165) is 12.3 Å². The van der Waals surface area contributed by atoms with Crippen LogP contribution in [-0.2, 0) is 4.79 Å². The molecule has 0 aromatic carbocycles. The molecule has 0 aromatic rings. The van der Waals surface area contributed by atoms with Gasteiger partial charge < -0.3 is 0 Å². The Hall–Kier alpha value is -0.590. The smallest absolute Gasteiger partial charge is 0.137 e. The molecule has 2 rings (SSSR count). The summed E-state index contributed by atoms with van der Waals surface area (Å²) in [5.74, 6) is 2.37. The van der Waals surface area contributed by atoms with Crippen LogP contribution in [0.3, 0.4) is 0 Å². The highest BCUT2D eigenvalue weighted by Gasteiger charge is 2.48. The van der Waals surface area contributed by atoms with Gasteiger partial charge in [0.2, 0.25) is 0 Å². The van der Waals surface area contributed by atoms with E-state index in [1.807, 2.05) is 0 Å². The molecule has 0 N–H and O–H groups in total. The summed E-state index contributed by atoms with van der Waals surface area (Å²) < 4.78 is 0. The molecule has 0 radical (unpaired) electrons. The second-order valence-electron chi connectivity index (χ2n) is 6.67. The molecule has 3 atom stereocenters. The van der Waals surface area contributed by atoms with Crippen molar-refractivity contribution < 1.29 is 4.79 Å². The number of carbonyl (C=O) groups is 1. The van der Waals surface area contributed by atoms with E-state index in [1.54, 1.807) is 0 Å². The number of allylic oxidation sites excluding steroid dienone is 1. The summed E-state index contributed by atoms with van der Waals surface area (Å²) in [6.45, 7) is 11.1. The van der Waals surface area contributed by atoms with Gasteiger partial charge in [-0.25, -0.2) is 0 Å². The maximum absolute atomic E-state index is 11.8. The number of fused-ring (bicyclic) bond motifs is 1. The first-order valence-electron chi connectivity index (χ1n) is 6.59. The van der Waals surface area contributed by atoms with Crippen molar-refractivity contribution in [2.45, 2.75) is 52.9 Å². The predicted molar refractivity (Wildman–Crippen MR) is 67.2 cm³/mol. The van der Waals surface area contributed by atoms with Crippen LogP contribution in [0.25, 0.3) is 0 Å². The number of hydrogen-bond acceptors (Lipinski definition) is 1. The van der Waals surface area contributed by atoms with Crippen molar-refractivity contribution in [2.24, 2.45) is 23.2 Å². The van der Waals surface area contributed by atoms with Crippen molar-refractivity contribution in [1.29, 1.82) is 0 Å². The van der Waals surface area contributed by atoms with Gasteiger partial charge in [0, 0.05) is 12.8 Å². The van der Waals surface area contributed by atoms with Crippen LogP contribution < -0.4 is 0 Å². The number of ketones is 1. The van der Waals surface area contributed by atoms with Crippen molar-refractivity contribution in [2.75, 3.05) is 0 Å². The molecule has 0 bridgehead atoms. The zero-order chi connectivity index (χ0) is 11.9. The second kappa shape index (κ2) is 4.01. The monoisotopic (exact) mass is 220 g/mol. The van der Waals surface area contributed by atoms with E-state index in [0.29, 0.717) is 29.5 Å². The van der Waals surface area contributed by atoms with Crippen LogP contribution in [0.1, 0.15) is 52.9 Å². The van der Waals surface area contributed by atoms with Crippen molar-refractivity contribution in [3.63, 3.8) is 0 Å². The molecule has 0 saturated heterocycles. The lowest BCUT2D eigenvalue weighted by molar-refractivity contribution is -0.119. The first-order valence-corrected chi connectivity index (χ1v) is 6.59. The second-order valence-corrected chi connectivity index (χ2v) is 6.67. The van der Waals surface area contributed by atoms with Crippen LogP contribution in [-0.4, -0.2) is 5.78 Å². The van der Waals surface area contributed by atoms with Crippen LogP contribution in [0.5, 0.6) is 0 Å². The van der Waals surface area contributed by atoms with Crippen LogP contribution in [0.15, 0.2) is 12.2 Å². The zero-order valence-corrected chi connectivity index (χ0v) is 10.9. The third kappa shape index (κ3) is 2.09. The van der Waals surface area contributed by atoms with Crippen LogP contribution >= 0.6 is 0 Å². The summed E-state index contributed by atoms with van der Waals surface area (Å²) in [6.07, 6.45) is 5.13. The Morgan fingerprint density at radius 3 is 2.62 bits per heavy atom. The fraction of sp³-hybridized carbons (Fsp3) is 0.800. The largest absolute Gasteiger partial charge is 0.299 e. The average molecular weight is 220 g/mol. The number of rotatable bonds is 0. The van der Waals surface area contributed by atoms with E-state index >= 15 is 0 Å².